The van der Waals surface area contributed by atoms with Crippen molar-refractivity contribution in [2.75, 3.05) is 25.4 Å². The molecule has 3 fully saturated rings. The number of amides is 3. The van der Waals surface area contributed by atoms with Gasteiger partial charge in [0, 0.05) is 13.1 Å². The van der Waals surface area contributed by atoms with Gasteiger partial charge in [-0.3, -0.25) is 10.1 Å². The van der Waals surface area contributed by atoms with E-state index in [-0.39, 0.29) is 30.5 Å². The monoisotopic (exact) mass is 469 g/mol. The van der Waals surface area contributed by atoms with Crippen LogP contribution >= 0.6 is 0 Å². The van der Waals surface area contributed by atoms with Crippen LogP contribution in [-0.4, -0.2) is 50.7 Å². The Morgan fingerprint density at radius 2 is 1.88 bits per heavy atom. The van der Waals surface area contributed by atoms with Gasteiger partial charge in [0.1, 0.15) is 6.54 Å². The van der Waals surface area contributed by atoms with Crippen molar-refractivity contribution in [2.24, 2.45) is 5.92 Å². The second-order valence-electron chi connectivity index (χ2n) is 8.56. The lowest BCUT2D eigenvalue weighted by Crippen LogP contribution is -2.29. The molecule has 1 saturated heterocycles. The number of ether oxygens (including phenoxy) is 1. The van der Waals surface area contributed by atoms with Gasteiger partial charge in [0.25, 0.3) is 0 Å². The van der Waals surface area contributed by atoms with E-state index >= 15 is 0 Å². The second-order valence-corrected chi connectivity index (χ2v) is 10.5. The van der Waals surface area contributed by atoms with Gasteiger partial charge in [0.2, 0.25) is 15.9 Å². The van der Waals surface area contributed by atoms with Gasteiger partial charge >= 0.3 is 6.03 Å². The lowest BCUT2D eigenvalue weighted by atomic mass is 10.2. The molecule has 8 nitrogen and oxygen atoms in total. The highest BCUT2D eigenvalue weighted by atomic mass is 32.2. The number of sulfonamides is 1. The Morgan fingerprint density at radius 3 is 2.50 bits per heavy atom. The molecule has 1 aliphatic heterocycles. The largest absolute Gasteiger partial charge is 0.490 e. The Balaban J connectivity index is 0.000000887. The minimum atomic E-state index is -3.47. The topological polar surface area (TPSA) is 105 Å². The smallest absolute Gasteiger partial charge is 0.324 e. The minimum absolute atomic E-state index is 0.0373. The zero-order valence-corrected chi connectivity index (χ0v) is 19.1. The van der Waals surface area contributed by atoms with Crippen LogP contribution in [0.3, 0.4) is 0 Å². The minimum Gasteiger partial charge on any atom is -0.490 e. The fourth-order valence-electron chi connectivity index (χ4n) is 2.96. The molecule has 178 valence electrons. The lowest BCUT2D eigenvalue weighted by Gasteiger charge is -2.12. The van der Waals surface area contributed by atoms with Crippen LogP contribution < -0.4 is 14.8 Å². The van der Waals surface area contributed by atoms with E-state index in [2.05, 4.69) is 10.0 Å². The molecular weight excluding hydrogens is 437 g/mol. The third-order valence-electron chi connectivity index (χ3n) is 5.23. The zero-order valence-electron chi connectivity index (χ0n) is 18.3. The molecule has 0 bridgehead atoms. The van der Waals surface area contributed by atoms with Crippen molar-refractivity contribution in [1.82, 2.24) is 14.9 Å². The van der Waals surface area contributed by atoms with Crippen LogP contribution in [0.4, 0.5) is 9.18 Å². The Labute approximate surface area is 188 Å². The Hall–Kier alpha value is -2.20. The quantitative estimate of drug-likeness (QED) is 0.362. The highest BCUT2D eigenvalue weighted by Crippen LogP contribution is 2.30. The third kappa shape index (κ3) is 9.12. The van der Waals surface area contributed by atoms with Crippen LogP contribution in [0.5, 0.6) is 5.75 Å². The van der Waals surface area contributed by atoms with Crippen molar-refractivity contribution in [3.05, 3.63) is 29.6 Å². The molecule has 1 aromatic rings. The van der Waals surface area contributed by atoms with Gasteiger partial charge in [0.05, 0.1) is 12.4 Å². The van der Waals surface area contributed by atoms with E-state index < -0.39 is 21.9 Å². The normalized spacial score (nSPS) is 17.6. The molecule has 1 heterocycles. The van der Waals surface area contributed by atoms with Crippen LogP contribution in [0, 0.1) is 11.7 Å². The summed E-state index contributed by atoms with van der Waals surface area (Å²) >= 11 is 0. The molecule has 3 aliphatic rings. The molecule has 10 heteroatoms. The van der Waals surface area contributed by atoms with E-state index in [4.69, 9.17) is 4.74 Å². The van der Waals surface area contributed by atoms with E-state index in [0.29, 0.717) is 43.9 Å². The fourth-order valence-corrected chi connectivity index (χ4v) is 4.08. The summed E-state index contributed by atoms with van der Waals surface area (Å²) in [6.45, 7) is 1.03. The number of unbranched alkanes of at least 4 members (excludes halogenated alkanes) is 2. The van der Waals surface area contributed by atoms with Crippen molar-refractivity contribution in [2.45, 2.75) is 57.9 Å². The van der Waals surface area contributed by atoms with Gasteiger partial charge in [-0.2, -0.15) is 0 Å². The predicted molar refractivity (Wildman–Crippen MR) is 118 cm³/mol. The fraction of sp³-hybridized carbons (Fsp3) is 0.636. The molecule has 3 amide bonds. The Kier molecular flexibility index (Phi) is 8.86. The average Bonchev–Trinajstić information content (AvgIpc) is 3.65. The number of urea groups is 1. The molecule has 4 rings (SSSR count). The van der Waals surface area contributed by atoms with Gasteiger partial charge in [-0.15, -0.1) is 0 Å². The first-order valence-corrected chi connectivity index (χ1v) is 12.9. The van der Waals surface area contributed by atoms with Gasteiger partial charge in [0.15, 0.2) is 11.6 Å². The summed E-state index contributed by atoms with van der Waals surface area (Å²) < 4.78 is 46.1. The van der Waals surface area contributed by atoms with Crippen LogP contribution in [0.25, 0.3) is 0 Å². The summed E-state index contributed by atoms with van der Waals surface area (Å²) in [5.41, 5.74) is 0.630. The van der Waals surface area contributed by atoms with Crippen LogP contribution in [-0.2, 0) is 21.4 Å². The van der Waals surface area contributed by atoms with E-state index in [0.717, 1.165) is 12.8 Å². The number of hydrogen-bond donors (Lipinski definition) is 2. The lowest BCUT2D eigenvalue weighted by molar-refractivity contribution is -0.118. The van der Waals surface area contributed by atoms with Crippen molar-refractivity contribution in [3.63, 3.8) is 0 Å². The van der Waals surface area contributed by atoms with Gasteiger partial charge in [-0.05, 0) is 49.3 Å². The molecule has 2 aliphatic carbocycles. The highest BCUT2D eigenvalue weighted by Gasteiger charge is 2.25. The van der Waals surface area contributed by atoms with E-state index in [1.807, 2.05) is 0 Å². The maximum absolute atomic E-state index is 13.8. The van der Waals surface area contributed by atoms with Gasteiger partial charge < -0.3 is 9.64 Å². The average molecular weight is 470 g/mol. The molecule has 0 aromatic heterocycles. The Morgan fingerprint density at radius 1 is 1.12 bits per heavy atom. The van der Waals surface area contributed by atoms with E-state index in [1.165, 1.54) is 42.4 Å². The molecule has 2 saturated carbocycles. The van der Waals surface area contributed by atoms with Crippen LogP contribution in [0.2, 0.25) is 0 Å². The first kappa shape index (κ1) is 24.4. The standard InChI is InChI=1S/C19H26FN3O5S.C3H6/c20-16-7-6-15(10-17(16)28-13-14-4-5-14)11-21-29(26,27)9-3-1-2-8-23-12-18(24)22-19(23)25;1-2-3-1/h6-7,10,14,21H,1-5,8-9,11-13H2,(H,22,24,25);1-3H2. The maximum Gasteiger partial charge on any atom is 0.324 e. The second kappa shape index (κ2) is 11.6. The summed E-state index contributed by atoms with van der Waals surface area (Å²) in [5.74, 6) is -0.158. The summed E-state index contributed by atoms with van der Waals surface area (Å²) in [5, 5.41) is 2.20. The highest BCUT2D eigenvalue weighted by molar-refractivity contribution is 7.89. The predicted octanol–water partition coefficient (Wildman–Crippen LogP) is 2.93. The first-order chi connectivity index (χ1) is 15.3. The number of nitrogens with one attached hydrogen (secondary N) is 2. The molecule has 0 radical (unpaired) electrons. The molecule has 1 aromatic carbocycles. The van der Waals surface area contributed by atoms with Crippen molar-refractivity contribution < 1.29 is 27.1 Å². The molecule has 0 spiro atoms. The number of imide groups is 1. The van der Waals surface area contributed by atoms with Crippen molar-refractivity contribution in [1.29, 1.82) is 0 Å². The van der Waals surface area contributed by atoms with Crippen LogP contribution in [0.1, 0.15) is 56.9 Å². The summed E-state index contributed by atoms with van der Waals surface area (Å²) in [6.07, 6.45) is 8.39. The number of hydrogen-bond acceptors (Lipinski definition) is 5. The van der Waals surface area contributed by atoms with E-state index in [9.17, 15) is 22.4 Å². The summed E-state index contributed by atoms with van der Waals surface area (Å²) in [6, 6.07) is 3.95. The van der Waals surface area contributed by atoms with Gasteiger partial charge in [-0.1, -0.05) is 31.7 Å². The SMILES string of the molecule is C1CC1.O=C1CN(CCCCCS(=O)(=O)NCc2ccc(F)c(OCC3CC3)c2)C(=O)N1. The zero-order chi connectivity index (χ0) is 23.0. The Bertz CT molecular complexity index is 900. The van der Waals surface area contributed by atoms with Gasteiger partial charge in [-0.25, -0.2) is 22.3 Å². The third-order valence-corrected chi connectivity index (χ3v) is 6.64. The number of nitrogens with zero attached hydrogens (tertiary/aromatic N) is 1. The van der Waals surface area contributed by atoms with Crippen molar-refractivity contribution >= 4 is 22.0 Å². The number of carbonyl (C=O) groups is 2. The summed E-state index contributed by atoms with van der Waals surface area (Å²) in [7, 11) is -3.47. The molecule has 32 heavy (non-hydrogen) atoms. The molecule has 0 unspecified atom stereocenters. The summed E-state index contributed by atoms with van der Waals surface area (Å²) in [4.78, 5) is 23.9. The number of benzene rings is 1. The molecule has 2 N–H and O–H groups in total. The maximum atomic E-state index is 13.8. The number of halogens is 1. The number of carbonyl (C=O) groups excluding carboxylic acids is 2. The molecule has 0 atom stereocenters. The first-order valence-electron chi connectivity index (χ1n) is 11.3. The van der Waals surface area contributed by atoms with Crippen molar-refractivity contribution in [3.8, 4) is 5.75 Å². The van der Waals surface area contributed by atoms with E-state index in [1.54, 1.807) is 0 Å². The number of rotatable bonds is 12. The van der Waals surface area contributed by atoms with Crippen LogP contribution in [0.15, 0.2) is 18.2 Å². The molecular formula is C22H32FN3O5S.